The lowest BCUT2D eigenvalue weighted by atomic mass is 10.1. The van der Waals surface area contributed by atoms with Gasteiger partial charge in [0.25, 0.3) is 5.91 Å². The highest BCUT2D eigenvalue weighted by Crippen LogP contribution is 2.31. The lowest BCUT2D eigenvalue weighted by Gasteiger charge is -2.25. The van der Waals surface area contributed by atoms with Crippen LogP contribution in [0.5, 0.6) is 0 Å². The van der Waals surface area contributed by atoms with Crippen molar-refractivity contribution in [2.75, 3.05) is 35.9 Å². The first kappa shape index (κ1) is 18.0. The molecule has 1 aliphatic rings. The molecule has 0 aromatic heterocycles. The van der Waals surface area contributed by atoms with Gasteiger partial charge in [-0.15, -0.1) is 0 Å². The van der Waals surface area contributed by atoms with Crippen LogP contribution in [0.1, 0.15) is 24.5 Å². The molecule has 1 heterocycles. The summed E-state index contributed by atoms with van der Waals surface area (Å²) in [6, 6.07) is 13.9. The van der Waals surface area contributed by atoms with Crippen molar-refractivity contribution in [1.82, 2.24) is 0 Å². The average Bonchev–Trinajstić information content (AvgIpc) is 2.95. The summed E-state index contributed by atoms with van der Waals surface area (Å²) in [7, 11) is 1.71. The van der Waals surface area contributed by atoms with Crippen LogP contribution in [0.25, 0.3) is 5.57 Å². The maximum atomic E-state index is 12.2. The number of rotatable bonds is 7. The Bertz CT molecular complexity index is 824. The van der Waals surface area contributed by atoms with Crippen LogP contribution in [0.4, 0.5) is 17.1 Å². The zero-order valence-electron chi connectivity index (χ0n) is 15.5. The Morgan fingerprint density at radius 3 is 2.77 bits per heavy atom. The minimum Gasteiger partial charge on any atom is -0.364 e. The lowest BCUT2D eigenvalue weighted by Crippen LogP contribution is -2.27. The molecular formula is C21H25N3O2. The smallest absolute Gasteiger partial charge is 0.257 e. The van der Waals surface area contributed by atoms with Crippen LogP contribution >= 0.6 is 0 Å². The number of benzene rings is 2. The van der Waals surface area contributed by atoms with Crippen molar-refractivity contribution in [2.24, 2.45) is 0 Å². The molecule has 136 valence electrons. The molecule has 0 saturated carbocycles. The SMILES string of the molecule is CCCN(COC)c1ccc(N/C=C2/C(=O)Nc3ccccc32)cc1C. The molecule has 2 aromatic rings. The second kappa shape index (κ2) is 8.06. The number of hydrogen-bond donors (Lipinski definition) is 2. The van der Waals surface area contributed by atoms with E-state index in [0.717, 1.165) is 41.2 Å². The van der Waals surface area contributed by atoms with E-state index in [1.807, 2.05) is 30.3 Å². The van der Waals surface area contributed by atoms with Gasteiger partial charge < -0.3 is 20.3 Å². The largest absolute Gasteiger partial charge is 0.364 e. The highest BCUT2D eigenvalue weighted by atomic mass is 16.5. The number of hydrogen-bond acceptors (Lipinski definition) is 4. The van der Waals surface area contributed by atoms with Gasteiger partial charge in [-0.3, -0.25) is 4.79 Å². The summed E-state index contributed by atoms with van der Waals surface area (Å²) in [4.78, 5) is 14.4. The van der Waals surface area contributed by atoms with Gasteiger partial charge in [0.05, 0.1) is 5.57 Å². The van der Waals surface area contributed by atoms with E-state index in [1.54, 1.807) is 13.3 Å². The molecule has 0 saturated heterocycles. The van der Waals surface area contributed by atoms with Gasteiger partial charge in [0.2, 0.25) is 0 Å². The second-order valence-electron chi connectivity index (χ2n) is 6.38. The molecular weight excluding hydrogens is 326 g/mol. The number of fused-ring (bicyclic) bond motifs is 1. The maximum absolute atomic E-state index is 12.2. The Labute approximate surface area is 154 Å². The van der Waals surface area contributed by atoms with Crippen LogP contribution in [0, 0.1) is 6.92 Å². The van der Waals surface area contributed by atoms with Gasteiger partial charge in [-0.1, -0.05) is 25.1 Å². The molecule has 0 atom stereocenters. The van der Waals surface area contributed by atoms with Crippen LogP contribution in [0.3, 0.4) is 0 Å². The van der Waals surface area contributed by atoms with E-state index in [1.165, 1.54) is 0 Å². The molecule has 2 aromatic carbocycles. The van der Waals surface area contributed by atoms with Crippen LogP contribution < -0.4 is 15.5 Å². The number of carbonyl (C=O) groups is 1. The van der Waals surface area contributed by atoms with Crippen molar-refractivity contribution < 1.29 is 9.53 Å². The highest BCUT2D eigenvalue weighted by molar-refractivity contribution is 6.31. The number of ether oxygens (including phenoxy) is 1. The van der Waals surface area contributed by atoms with Gasteiger partial charge in [0, 0.05) is 42.5 Å². The summed E-state index contributed by atoms with van der Waals surface area (Å²) in [5.41, 5.74) is 5.70. The summed E-state index contributed by atoms with van der Waals surface area (Å²) in [6.45, 7) is 5.76. The minimum absolute atomic E-state index is 0.0822. The Morgan fingerprint density at radius 2 is 2.04 bits per heavy atom. The first-order valence-electron chi connectivity index (χ1n) is 8.86. The van der Waals surface area contributed by atoms with Gasteiger partial charge in [0.15, 0.2) is 0 Å². The zero-order valence-corrected chi connectivity index (χ0v) is 15.5. The Kier molecular flexibility index (Phi) is 5.58. The van der Waals surface area contributed by atoms with Gasteiger partial charge in [0.1, 0.15) is 6.73 Å². The molecule has 1 aliphatic heterocycles. The van der Waals surface area contributed by atoms with Crippen LogP contribution in [-0.4, -0.2) is 26.3 Å². The molecule has 2 N–H and O–H groups in total. The van der Waals surface area contributed by atoms with Crippen LogP contribution in [0.2, 0.25) is 0 Å². The maximum Gasteiger partial charge on any atom is 0.257 e. The normalized spacial score (nSPS) is 14.3. The monoisotopic (exact) mass is 351 g/mol. The summed E-state index contributed by atoms with van der Waals surface area (Å²) < 4.78 is 5.31. The number of nitrogens with one attached hydrogen (secondary N) is 2. The molecule has 3 rings (SSSR count). The third-order valence-corrected chi connectivity index (χ3v) is 4.41. The lowest BCUT2D eigenvalue weighted by molar-refractivity contribution is -0.110. The molecule has 0 aliphatic carbocycles. The number of methoxy groups -OCH3 is 1. The van der Waals surface area contributed by atoms with Crippen molar-refractivity contribution in [3.8, 4) is 0 Å². The third-order valence-electron chi connectivity index (χ3n) is 4.41. The molecule has 0 bridgehead atoms. The van der Waals surface area contributed by atoms with E-state index >= 15 is 0 Å². The average molecular weight is 351 g/mol. The van der Waals surface area contributed by atoms with E-state index in [4.69, 9.17) is 4.74 Å². The van der Waals surface area contributed by atoms with E-state index in [0.29, 0.717) is 12.3 Å². The van der Waals surface area contributed by atoms with Crippen molar-refractivity contribution in [3.05, 3.63) is 59.8 Å². The Hall–Kier alpha value is -2.79. The van der Waals surface area contributed by atoms with E-state index < -0.39 is 0 Å². The van der Waals surface area contributed by atoms with Gasteiger partial charge >= 0.3 is 0 Å². The number of anilines is 3. The number of aryl methyl sites for hydroxylation is 1. The molecule has 26 heavy (non-hydrogen) atoms. The molecule has 0 unspecified atom stereocenters. The number of carbonyl (C=O) groups excluding carboxylic acids is 1. The van der Waals surface area contributed by atoms with Crippen molar-refractivity contribution in [3.63, 3.8) is 0 Å². The molecule has 5 heteroatoms. The molecule has 0 radical (unpaired) electrons. The molecule has 5 nitrogen and oxygen atoms in total. The predicted octanol–water partition coefficient (Wildman–Crippen LogP) is 4.22. The number of amides is 1. The topological polar surface area (TPSA) is 53.6 Å². The third kappa shape index (κ3) is 3.73. The highest BCUT2D eigenvalue weighted by Gasteiger charge is 2.23. The van der Waals surface area contributed by atoms with Gasteiger partial charge in [-0.05, 0) is 43.2 Å². The van der Waals surface area contributed by atoms with Crippen LogP contribution in [0.15, 0.2) is 48.7 Å². The zero-order chi connectivity index (χ0) is 18.5. The fraction of sp³-hybridized carbons (Fsp3) is 0.286. The predicted molar refractivity (Wildman–Crippen MR) is 107 cm³/mol. The standard InChI is InChI=1S/C21H25N3O2/c1-4-11-24(14-26-3)20-10-9-16(12-15(20)2)22-13-18-17-7-5-6-8-19(17)23-21(18)25/h5-10,12-13,22H,4,11,14H2,1-3H3,(H,23,25)/b18-13+. The minimum atomic E-state index is -0.0822. The summed E-state index contributed by atoms with van der Waals surface area (Å²) >= 11 is 0. The summed E-state index contributed by atoms with van der Waals surface area (Å²) in [5, 5.41) is 6.14. The first-order valence-corrected chi connectivity index (χ1v) is 8.86. The quantitative estimate of drug-likeness (QED) is 0.579. The fourth-order valence-electron chi connectivity index (χ4n) is 3.22. The second-order valence-corrected chi connectivity index (χ2v) is 6.38. The van der Waals surface area contributed by atoms with Gasteiger partial charge in [-0.25, -0.2) is 0 Å². The fourth-order valence-corrected chi connectivity index (χ4v) is 3.22. The van der Waals surface area contributed by atoms with Crippen molar-refractivity contribution >= 4 is 28.5 Å². The van der Waals surface area contributed by atoms with Crippen LogP contribution in [-0.2, 0) is 9.53 Å². The molecule has 1 amide bonds. The Morgan fingerprint density at radius 1 is 1.23 bits per heavy atom. The van der Waals surface area contributed by atoms with Crippen molar-refractivity contribution in [1.29, 1.82) is 0 Å². The number of para-hydroxylation sites is 1. The molecule has 0 fully saturated rings. The van der Waals surface area contributed by atoms with E-state index in [-0.39, 0.29) is 5.91 Å². The number of nitrogens with zero attached hydrogens (tertiary/aromatic N) is 1. The van der Waals surface area contributed by atoms with Gasteiger partial charge in [-0.2, -0.15) is 0 Å². The van der Waals surface area contributed by atoms with E-state index in [2.05, 4.69) is 41.5 Å². The Balaban J connectivity index is 1.79. The van der Waals surface area contributed by atoms with Crippen molar-refractivity contribution in [2.45, 2.75) is 20.3 Å². The summed E-state index contributed by atoms with van der Waals surface area (Å²) in [6.07, 6.45) is 2.83. The van der Waals surface area contributed by atoms with E-state index in [9.17, 15) is 4.79 Å². The molecule has 0 spiro atoms. The summed E-state index contributed by atoms with van der Waals surface area (Å²) in [5.74, 6) is -0.0822. The first-order chi connectivity index (χ1) is 12.6.